The maximum Gasteiger partial charge on any atom is 0.266 e. The first-order valence-electron chi connectivity index (χ1n) is 18.5. The van der Waals surface area contributed by atoms with Crippen molar-refractivity contribution in [3.63, 3.8) is 0 Å². The van der Waals surface area contributed by atoms with Crippen LogP contribution in [0.2, 0.25) is 0 Å². The molecule has 0 amide bonds. The lowest BCUT2D eigenvalue weighted by atomic mass is 9.33. The Morgan fingerprint density at radius 1 is 0.333 bits per heavy atom. The fraction of sp³-hybridized carbons (Fsp3) is 0. The first-order chi connectivity index (χ1) is 26.8. The zero-order valence-corrected chi connectivity index (χ0v) is 28.9. The molecule has 0 spiro atoms. The smallest absolute Gasteiger partial charge is 0.266 e. The molecule has 2 aromatic heterocycles. The molecule has 6 heteroatoms. The Labute approximate surface area is 310 Å². The molecule has 0 radical (unpaired) electrons. The molecule has 3 aliphatic rings. The maximum atomic E-state index is 6.95. The van der Waals surface area contributed by atoms with E-state index in [9.17, 15) is 0 Å². The molecule has 0 saturated heterocycles. The lowest BCUT2D eigenvalue weighted by molar-refractivity contribution is 0.464. The van der Waals surface area contributed by atoms with Gasteiger partial charge in [0.2, 0.25) is 0 Å². The Balaban J connectivity index is 1.16. The third-order valence-corrected chi connectivity index (χ3v) is 11.7. The second-order valence-corrected chi connectivity index (χ2v) is 14.5. The average molecular weight is 690 g/mol. The van der Waals surface area contributed by atoms with Gasteiger partial charge in [-0.15, -0.1) is 0 Å². The molecule has 0 unspecified atom stereocenters. The standard InChI is InChI=1S/C48H28BN3O2/c1-2-13-29(14-3-1)50-40-25-30(51-36-19-8-4-15-32(36)33-16-5-9-20-37(33)51)27-44-46(40)49-47-41(50)26-31(28-45(47)54-43-24-12-23-42(53-44)48(43)49)52-38-21-10-6-17-34(38)35-18-7-11-22-39(35)52/h1-28H. The molecule has 3 aliphatic heterocycles. The zero-order valence-electron chi connectivity index (χ0n) is 28.9. The molecule has 8 aromatic carbocycles. The van der Waals surface area contributed by atoms with Crippen LogP contribution < -0.4 is 30.8 Å². The normalized spacial score (nSPS) is 13.4. The highest BCUT2D eigenvalue weighted by molar-refractivity contribution is 7.00. The predicted octanol–water partition coefficient (Wildman–Crippen LogP) is 10.4. The van der Waals surface area contributed by atoms with Crippen LogP contribution in [0.3, 0.4) is 0 Å². The number of benzene rings is 8. The van der Waals surface area contributed by atoms with Crippen molar-refractivity contribution in [1.29, 1.82) is 0 Å². The number of para-hydroxylation sites is 5. The van der Waals surface area contributed by atoms with Crippen molar-refractivity contribution in [3.8, 4) is 34.4 Å². The minimum Gasteiger partial charge on any atom is -0.458 e. The first-order valence-corrected chi connectivity index (χ1v) is 18.5. The largest absolute Gasteiger partial charge is 0.458 e. The van der Waals surface area contributed by atoms with Gasteiger partial charge in [0.25, 0.3) is 6.71 Å². The van der Waals surface area contributed by atoms with Gasteiger partial charge in [0, 0.05) is 56.2 Å². The summed E-state index contributed by atoms with van der Waals surface area (Å²) in [7, 11) is 0. The number of hydrogen-bond donors (Lipinski definition) is 0. The molecule has 0 N–H and O–H groups in total. The van der Waals surface area contributed by atoms with Crippen LogP contribution in [0.15, 0.2) is 170 Å². The van der Waals surface area contributed by atoms with Crippen LogP contribution in [0.25, 0.3) is 55.0 Å². The van der Waals surface area contributed by atoms with Crippen LogP contribution in [0.5, 0.6) is 23.0 Å². The highest BCUT2D eigenvalue weighted by Crippen LogP contribution is 2.48. The number of ether oxygens (including phenoxy) is 2. The van der Waals surface area contributed by atoms with Crippen molar-refractivity contribution >= 4 is 83.8 Å². The lowest BCUT2D eigenvalue weighted by Crippen LogP contribution is -2.61. The Morgan fingerprint density at radius 2 is 0.741 bits per heavy atom. The molecular formula is C48H28BN3O2. The topological polar surface area (TPSA) is 31.6 Å². The van der Waals surface area contributed by atoms with E-state index in [1.165, 1.54) is 21.5 Å². The first kappa shape index (κ1) is 28.4. The molecule has 5 heterocycles. The summed E-state index contributed by atoms with van der Waals surface area (Å²) in [5.74, 6) is 3.41. The minimum absolute atomic E-state index is 0.0620. The van der Waals surface area contributed by atoms with Gasteiger partial charge < -0.3 is 23.5 Å². The Bertz CT molecular complexity index is 2950. The van der Waals surface area contributed by atoms with Gasteiger partial charge in [-0.1, -0.05) is 97.1 Å². The number of fused-ring (bicyclic) bond motifs is 6. The molecule has 0 atom stereocenters. The van der Waals surface area contributed by atoms with E-state index in [1.807, 2.05) is 6.07 Å². The number of nitrogens with zero attached hydrogens (tertiary/aromatic N) is 3. The molecule has 5 nitrogen and oxygen atoms in total. The maximum absolute atomic E-state index is 6.95. The van der Waals surface area contributed by atoms with E-state index in [2.05, 4.69) is 178 Å². The van der Waals surface area contributed by atoms with Crippen LogP contribution in [-0.2, 0) is 0 Å². The van der Waals surface area contributed by atoms with E-state index in [0.717, 1.165) is 89.9 Å². The number of rotatable bonds is 3. The monoisotopic (exact) mass is 689 g/mol. The molecule has 250 valence electrons. The molecular weight excluding hydrogens is 661 g/mol. The van der Waals surface area contributed by atoms with E-state index in [4.69, 9.17) is 9.47 Å². The van der Waals surface area contributed by atoms with Gasteiger partial charge in [0.1, 0.15) is 23.0 Å². The molecule has 0 saturated carbocycles. The van der Waals surface area contributed by atoms with Crippen LogP contribution in [0.1, 0.15) is 0 Å². The van der Waals surface area contributed by atoms with Gasteiger partial charge >= 0.3 is 0 Å². The van der Waals surface area contributed by atoms with E-state index < -0.39 is 0 Å². The van der Waals surface area contributed by atoms with Gasteiger partial charge in [-0.25, -0.2) is 0 Å². The second kappa shape index (κ2) is 10.2. The molecule has 13 rings (SSSR count). The summed E-state index contributed by atoms with van der Waals surface area (Å²) in [4.78, 5) is 2.43. The van der Waals surface area contributed by atoms with E-state index >= 15 is 0 Å². The number of aromatic nitrogens is 2. The molecule has 0 bridgehead atoms. The fourth-order valence-corrected chi connectivity index (χ4v) is 9.62. The third-order valence-electron chi connectivity index (χ3n) is 11.7. The Hall–Kier alpha value is -7.18. The van der Waals surface area contributed by atoms with Gasteiger partial charge in [0.15, 0.2) is 0 Å². The summed E-state index contributed by atoms with van der Waals surface area (Å²) < 4.78 is 18.7. The Kier molecular flexibility index (Phi) is 5.39. The van der Waals surface area contributed by atoms with Crippen molar-refractivity contribution in [2.45, 2.75) is 0 Å². The van der Waals surface area contributed by atoms with Crippen molar-refractivity contribution in [1.82, 2.24) is 9.13 Å². The number of anilines is 3. The number of hydrogen-bond acceptors (Lipinski definition) is 3. The fourth-order valence-electron chi connectivity index (χ4n) is 9.62. The summed E-state index contributed by atoms with van der Waals surface area (Å²) in [5, 5.41) is 4.91. The van der Waals surface area contributed by atoms with Crippen molar-refractivity contribution in [2.75, 3.05) is 4.90 Å². The summed E-state index contributed by atoms with van der Waals surface area (Å²) >= 11 is 0. The summed E-state index contributed by atoms with van der Waals surface area (Å²) in [6.07, 6.45) is 0. The van der Waals surface area contributed by atoms with Gasteiger partial charge in [-0.3, -0.25) is 0 Å². The SMILES string of the molecule is c1ccc(N2c3cc(-n4c5ccccc5c5ccccc54)cc4c3B3c5c(cccc5Oc5cc(-n6c7ccccc7c7ccccc76)cc2c53)O4)cc1. The molecule has 0 fully saturated rings. The van der Waals surface area contributed by atoms with Gasteiger partial charge in [-0.05, 0) is 71.6 Å². The predicted molar refractivity (Wildman–Crippen MR) is 221 cm³/mol. The minimum atomic E-state index is -0.0620. The average Bonchev–Trinajstić information content (AvgIpc) is 3.74. The third kappa shape index (κ3) is 3.59. The summed E-state index contributed by atoms with van der Waals surface area (Å²) in [6.45, 7) is -0.0620. The van der Waals surface area contributed by atoms with E-state index in [1.54, 1.807) is 0 Å². The van der Waals surface area contributed by atoms with Crippen molar-refractivity contribution < 1.29 is 9.47 Å². The second-order valence-electron chi connectivity index (χ2n) is 14.5. The molecule has 0 aliphatic carbocycles. The highest BCUT2D eigenvalue weighted by Gasteiger charge is 2.48. The summed E-state index contributed by atoms with van der Waals surface area (Å²) in [6, 6.07) is 60.9. The summed E-state index contributed by atoms with van der Waals surface area (Å²) in [5.41, 5.74) is 13.4. The van der Waals surface area contributed by atoms with Crippen molar-refractivity contribution in [3.05, 3.63) is 170 Å². The Morgan fingerprint density at radius 3 is 1.19 bits per heavy atom. The van der Waals surface area contributed by atoms with Gasteiger partial charge in [-0.2, -0.15) is 0 Å². The van der Waals surface area contributed by atoms with E-state index in [0.29, 0.717) is 0 Å². The molecule has 54 heavy (non-hydrogen) atoms. The van der Waals surface area contributed by atoms with E-state index in [-0.39, 0.29) is 6.71 Å². The quantitative estimate of drug-likeness (QED) is 0.173. The van der Waals surface area contributed by atoms with Gasteiger partial charge in [0.05, 0.1) is 33.4 Å². The van der Waals surface area contributed by atoms with Crippen LogP contribution in [0, 0.1) is 0 Å². The van der Waals surface area contributed by atoms with Crippen molar-refractivity contribution in [2.24, 2.45) is 0 Å². The zero-order chi connectivity index (χ0) is 35.1. The lowest BCUT2D eigenvalue weighted by Gasteiger charge is -2.43. The van der Waals surface area contributed by atoms with Crippen LogP contribution >= 0.6 is 0 Å². The highest BCUT2D eigenvalue weighted by atomic mass is 16.5. The van der Waals surface area contributed by atoms with Crippen LogP contribution in [0.4, 0.5) is 17.1 Å². The van der Waals surface area contributed by atoms with Crippen LogP contribution in [-0.4, -0.2) is 15.8 Å². The molecule has 10 aromatic rings.